The van der Waals surface area contributed by atoms with E-state index in [-0.39, 0.29) is 0 Å². The maximum Gasteiger partial charge on any atom is 0.136 e. The number of fused-ring (bicyclic) bond motifs is 6. The van der Waals surface area contributed by atoms with Gasteiger partial charge in [0.15, 0.2) is 0 Å². The number of hydrogen-bond acceptors (Lipinski definition) is 2. The minimum absolute atomic E-state index is 0.463. The molecule has 1 aliphatic rings. The largest absolute Gasteiger partial charge is 0.456 e. The van der Waals surface area contributed by atoms with Crippen molar-refractivity contribution in [2.45, 2.75) is 5.41 Å². The van der Waals surface area contributed by atoms with Gasteiger partial charge in [0, 0.05) is 27.8 Å². The van der Waals surface area contributed by atoms with Crippen LogP contribution in [0.2, 0.25) is 0 Å². The first-order chi connectivity index (χ1) is 34.2. The third-order valence-corrected chi connectivity index (χ3v) is 14.2. The number of nitrogens with zero attached hydrogens (tertiary/aromatic N) is 1. The summed E-state index contributed by atoms with van der Waals surface area (Å²) in [6.45, 7) is 0. The van der Waals surface area contributed by atoms with E-state index < -0.39 is 5.41 Å². The Morgan fingerprint density at radius 2 is 0.754 bits per heavy atom. The molecule has 69 heavy (non-hydrogen) atoms. The number of hydrogen-bond donors (Lipinski definition) is 0. The monoisotopic (exact) mass is 879 g/mol. The van der Waals surface area contributed by atoms with E-state index in [0.29, 0.717) is 0 Å². The van der Waals surface area contributed by atoms with Gasteiger partial charge in [-0.1, -0.05) is 224 Å². The number of anilines is 3. The van der Waals surface area contributed by atoms with Crippen molar-refractivity contribution in [3.8, 4) is 55.6 Å². The van der Waals surface area contributed by atoms with E-state index in [4.69, 9.17) is 4.42 Å². The molecule has 2 nitrogen and oxygen atoms in total. The summed E-state index contributed by atoms with van der Waals surface area (Å²) in [6, 6.07) is 99.1. The van der Waals surface area contributed by atoms with E-state index >= 15 is 0 Å². The Bertz CT molecular complexity index is 3760. The molecule has 13 rings (SSSR count). The van der Waals surface area contributed by atoms with Crippen LogP contribution < -0.4 is 4.90 Å². The van der Waals surface area contributed by atoms with Crippen LogP contribution in [0.25, 0.3) is 77.6 Å². The topological polar surface area (TPSA) is 16.4 Å². The van der Waals surface area contributed by atoms with Crippen LogP contribution in [0.15, 0.2) is 277 Å². The second-order valence-corrected chi connectivity index (χ2v) is 18.0. The molecule has 0 spiro atoms. The molecule has 0 saturated heterocycles. The smallest absolute Gasteiger partial charge is 0.136 e. The summed E-state index contributed by atoms with van der Waals surface area (Å²) in [4.78, 5) is 2.38. The highest BCUT2D eigenvalue weighted by Gasteiger charge is 2.46. The molecule has 0 aliphatic heterocycles. The van der Waals surface area contributed by atoms with Crippen molar-refractivity contribution in [3.63, 3.8) is 0 Å². The van der Waals surface area contributed by atoms with Crippen molar-refractivity contribution in [1.29, 1.82) is 0 Å². The third kappa shape index (κ3) is 6.72. The van der Waals surface area contributed by atoms with Crippen molar-refractivity contribution in [2.24, 2.45) is 0 Å². The minimum atomic E-state index is -0.463. The fourth-order valence-corrected chi connectivity index (χ4v) is 11.1. The molecule has 1 aliphatic carbocycles. The van der Waals surface area contributed by atoms with E-state index in [0.717, 1.165) is 50.1 Å². The van der Waals surface area contributed by atoms with Gasteiger partial charge in [-0.2, -0.15) is 0 Å². The van der Waals surface area contributed by atoms with Gasteiger partial charge in [-0.25, -0.2) is 0 Å². The Labute approximate surface area is 402 Å². The van der Waals surface area contributed by atoms with Gasteiger partial charge in [-0.3, -0.25) is 0 Å². The first-order valence-electron chi connectivity index (χ1n) is 23.7. The molecule has 0 radical (unpaired) electrons. The Hall–Kier alpha value is -8.98. The molecule has 1 heterocycles. The molecule has 0 fully saturated rings. The van der Waals surface area contributed by atoms with Crippen molar-refractivity contribution < 1.29 is 4.42 Å². The number of furan rings is 1. The van der Waals surface area contributed by atoms with Gasteiger partial charge in [0.2, 0.25) is 0 Å². The predicted molar refractivity (Wildman–Crippen MR) is 287 cm³/mol. The minimum Gasteiger partial charge on any atom is -0.456 e. The van der Waals surface area contributed by atoms with Crippen LogP contribution >= 0.6 is 0 Å². The fourth-order valence-electron chi connectivity index (χ4n) is 11.1. The van der Waals surface area contributed by atoms with Gasteiger partial charge in [0.1, 0.15) is 11.2 Å². The molecule has 12 aromatic rings. The van der Waals surface area contributed by atoms with Crippen molar-refractivity contribution in [2.75, 3.05) is 4.90 Å². The lowest BCUT2D eigenvalue weighted by molar-refractivity contribution is 0.669. The summed E-state index contributed by atoms with van der Waals surface area (Å²) in [6.07, 6.45) is 0. The lowest BCUT2D eigenvalue weighted by Gasteiger charge is -2.34. The molecule has 11 aromatic carbocycles. The molecule has 0 amide bonds. The van der Waals surface area contributed by atoms with Crippen LogP contribution in [-0.4, -0.2) is 0 Å². The highest BCUT2D eigenvalue weighted by molar-refractivity contribution is 6.12. The van der Waals surface area contributed by atoms with Crippen LogP contribution in [0.5, 0.6) is 0 Å². The Morgan fingerprint density at radius 1 is 0.290 bits per heavy atom. The molecule has 2 heteroatoms. The highest BCUT2D eigenvalue weighted by atomic mass is 16.3. The van der Waals surface area contributed by atoms with Gasteiger partial charge in [-0.05, 0) is 126 Å². The van der Waals surface area contributed by atoms with Gasteiger partial charge in [0.25, 0.3) is 0 Å². The van der Waals surface area contributed by atoms with Crippen LogP contribution in [-0.2, 0) is 5.41 Å². The zero-order valence-corrected chi connectivity index (χ0v) is 37.8. The lowest BCUT2D eigenvalue weighted by atomic mass is 9.67. The summed E-state index contributed by atoms with van der Waals surface area (Å²) in [7, 11) is 0. The summed E-state index contributed by atoms with van der Waals surface area (Å²) >= 11 is 0. The average molecular weight is 880 g/mol. The van der Waals surface area contributed by atoms with E-state index in [9.17, 15) is 0 Å². The Morgan fingerprint density at radius 3 is 1.43 bits per heavy atom. The average Bonchev–Trinajstić information content (AvgIpc) is 3.97. The van der Waals surface area contributed by atoms with Crippen molar-refractivity contribution in [1.82, 2.24) is 0 Å². The van der Waals surface area contributed by atoms with E-state index in [1.54, 1.807) is 0 Å². The van der Waals surface area contributed by atoms with Crippen LogP contribution in [0.4, 0.5) is 17.1 Å². The van der Waals surface area contributed by atoms with Crippen molar-refractivity contribution in [3.05, 3.63) is 295 Å². The molecule has 0 N–H and O–H groups in total. The van der Waals surface area contributed by atoms with Gasteiger partial charge in [-0.15, -0.1) is 0 Å². The number of benzene rings is 11. The standard InChI is InChI=1S/C67H45NO/c1-4-17-46(18-5-1)47-33-35-48(36-34-47)49-37-41-54(42-38-49)68(56-24-14-19-51(45-56)58-28-16-32-64-66(58)60-26-11-13-31-63(60)69-64)55-43-39-50(40-44-55)57-27-15-30-62-65(57)59-25-10-12-29-61(59)67(62,52-20-6-2-7-21-52)53-22-8-3-9-23-53/h1-45H. The van der Waals surface area contributed by atoms with Gasteiger partial charge < -0.3 is 9.32 Å². The Kier molecular flexibility index (Phi) is 9.77. The molecular weight excluding hydrogens is 835 g/mol. The number of para-hydroxylation sites is 1. The number of rotatable bonds is 9. The maximum absolute atomic E-state index is 6.35. The normalized spacial score (nSPS) is 12.5. The first-order valence-corrected chi connectivity index (χ1v) is 23.7. The SMILES string of the molecule is c1ccc(-c2ccc(-c3ccc(N(c4ccc(-c5cccc6c5-c5ccccc5C6(c5ccccc5)c5ccccc5)cc4)c4cccc(-c5cccc6oc7ccccc7c56)c4)cc3)cc2)cc1. The highest BCUT2D eigenvalue weighted by Crippen LogP contribution is 2.58. The second kappa shape index (κ2) is 16.7. The van der Waals surface area contributed by atoms with Crippen LogP contribution in [0.3, 0.4) is 0 Å². The van der Waals surface area contributed by atoms with E-state index in [1.807, 2.05) is 12.1 Å². The van der Waals surface area contributed by atoms with E-state index in [1.165, 1.54) is 66.8 Å². The summed E-state index contributed by atoms with van der Waals surface area (Å²) in [5.74, 6) is 0. The van der Waals surface area contributed by atoms with Crippen LogP contribution in [0.1, 0.15) is 22.3 Å². The molecule has 0 bridgehead atoms. The zero-order valence-electron chi connectivity index (χ0n) is 37.8. The molecule has 0 atom stereocenters. The van der Waals surface area contributed by atoms with Gasteiger partial charge in [0.05, 0.1) is 5.41 Å². The summed E-state index contributed by atoms with van der Waals surface area (Å²) in [5.41, 5.74) is 21.6. The third-order valence-electron chi connectivity index (χ3n) is 14.2. The van der Waals surface area contributed by atoms with E-state index in [2.05, 4.69) is 266 Å². The Balaban J connectivity index is 0.932. The quantitative estimate of drug-likeness (QED) is 0.144. The molecule has 0 saturated carbocycles. The summed E-state index contributed by atoms with van der Waals surface area (Å²) < 4.78 is 6.35. The fraction of sp³-hybridized carbons (Fsp3) is 0.0149. The molecule has 324 valence electrons. The second-order valence-electron chi connectivity index (χ2n) is 18.0. The lowest BCUT2D eigenvalue weighted by Crippen LogP contribution is -2.28. The first kappa shape index (κ1) is 40.3. The van der Waals surface area contributed by atoms with Gasteiger partial charge >= 0.3 is 0 Å². The maximum atomic E-state index is 6.35. The predicted octanol–water partition coefficient (Wildman–Crippen LogP) is 18.1. The molecule has 1 aromatic heterocycles. The molecular formula is C67H45NO. The summed E-state index contributed by atoms with van der Waals surface area (Å²) in [5, 5.41) is 2.25. The zero-order chi connectivity index (χ0) is 45.7. The van der Waals surface area contributed by atoms with Crippen LogP contribution in [0, 0.1) is 0 Å². The molecule has 0 unspecified atom stereocenters. The van der Waals surface area contributed by atoms with Crippen molar-refractivity contribution >= 4 is 39.0 Å².